The van der Waals surface area contributed by atoms with Crippen LogP contribution >= 0.6 is 11.8 Å². The van der Waals surface area contributed by atoms with Gasteiger partial charge in [0, 0.05) is 18.0 Å². The summed E-state index contributed by atoms with van der Waals surface area (Å²) in [4.78, 5) is 3.84. The number of hydrogen-bond acceptors (Lipinski definition) is 2. The first kappa shape index (κ1) is 9.10. The average Bonchev–Trinajstić information content (AvgIpc) is 2.16. The highest BCUT2D eigenvalue weighted by atomic mass is 32.2. The molecular formula is C11H15NS. The van der Waals surface area contributed by atoms with Crippen molar-refractivity contribution in [3.8, 4) is 0 Å². The second-order valence-electron chi connectivity index (χ2n) is 3.59. The van der Waals surface area contributed by atoms with Crippen molar-refractivity contribution in [2.45, 2.75) is 17.9 Å². The molecule has 1 heterocycles. The highest BCUT2D eigenvalue weighted by Crippen LogP contribution is 2.27. The quantitative estimate of drug-likeness (QED) is 0.630. The van der Waals surface area contributed by atoms with E-state index < -0.39 is 0 Å². The lowest BCUT2D eigenvalue weighted by Gasteiger charge is -2.26. The maximum absolute atomic E-state index is 2.38. The molecule has 1 aromatic carbocycles. The molecule has 1 aromatic rings. The summed E-state index contributed by atoms with van der Waals surface area (Å²) in [6, 6.07) is 6.66. The van der Waals surface area contributed by atoms with Crippen LogP contribution in [0.3, 0.4) is 0 Å². The molecule has 1 aliphatic rings. The summed E-state index contributed by atoms with van der Waals surface area (Å²) in [5, 5.41) is 0. The van der Waals surface area contributed by atoms with Crippen LogP contribution in [0.25, 0.3) is 0 Å². The molecule has 0 bridgehead atoms. The number of thioether (sulfide) groups is 1. The average molecular weight is 193 g/mol. The van der Waals surface area contributed by atoms with Crippen molar-refractivity contribution in [2.75, 3.05) is 19.8 Å². The third-order valence-corrected chi connectivity index (χ3v) is 3.46. The fraction of sp³-hybridized carbons (Fsp3) is 0.455. The maximum Gasteiger partial charge on any atom is 0.0233 e. The van der Waals surface area contributed by atoms with Crippen molar-refractivity contribution in [3.05, 3.63) is 29.3 Å². The van der Waals surface area contributed by atoms with E-state index in [1.807, 2.05) is 11.8 Å². The molecule has 0 amide bonds. The molecule has 1 nitrogen and oxygen atoms in total. The standard InChI is InChI=1S/C11H15NS/c1-12-7-6-10-9(8-12)4-3-5-11(10)13-2/h3-5H,6-8H2,1-2H3. The van der Waals surface area contributed by atoms with E-state index in [1.165, 1.54) is 23.4 Å². The van der Waals surface area contributed by atoms with Crippen molar-refractivity contribution < 1.29 is 0 Å². The van der Waals surface area contributed by atoms with E-state index in [9.17, 15) is 0 Å². The van der Waals surface area contributed by atoms with Crippen molar-refractivity contribution in [3.63, 3.8) is 0 Å². The molecule has 2 heteroatoms. The highest BCUT2D eigenvalue weighted by Gasteiger charge is 2.14. The fourth-order valence-electron chi connectivity index (χ4n) is 1.91. The fourth-order valence-corrected chi connectivity index (χ4v) is 2.60. The van der Waals surface area contributed by atoms with E-state index >= 15 is 0 Å². The van der Waals surface area contributed by atoms with Gasteiger partial charge in [-0.25, -0.2) is 0 Å². The van der Waals surface area contributed by atoms with E-state index in [0.717, 1.165) is 6.54 Å². The van der Waals surface area contributed by atoms with Crippen LogP contribution in [0, 0.1) is 0 Å². The minimum absolute atomic E-state index is 1.11. The van der Waals surface area contributed by atoms with Crippen LogP contribution in [-0.2, 0) is 13.0 Å². The van der Waals surface area contributed by atoms with Crippen LogP contribution in [0.4, 0.5) is 0 Å². The number of rotatable bonds is 1. The first-order valence-electron chi connectivity index (χ1n) is 4.64. The van der Waals surface area contributed by atoms with Crippen molar-refractivity contribution in [1.82, 2.24) is 4.90 Å². The second-order valence-corrected chi connectivity index (χ2v) is 4.43. The van der Waals surface area contributed by atoms with Gasteiger partial charge in [-0.05, 0) is 36.9 Å². The smallest absolute Gasteiger partial charge is 0.0233 e. The summed E-state index contributed by atoms with van der Waals surface area (Å²) in [5.41, 5.74) is 3.09. The Morgan fingerprint density at radius 1 is 1.38 bits per heavy atom. The lowest BCUT2D eigenvalue weighted by atomic mass is 10.0. The minimum Gasteiger partial charge on any atom is -0.302 e. The van der Waals surface area contributed by atoms with Gasteiger partial charge in [0.2, 0.25) is 0 Å². The third-order valence-electron chi connectivity index (χ3n) is 2.63. The van der Waals surface area contributed by atoms with Gasteiger partial charge in [0.05, 0.1) is 0 Å². The van der Waals surface area contributed by atoms with Gasteiger partial charge >= 0.3 is 0 Å². The molecule has 2 rings (SSSR count). The van der Waals surface area contributed by atoms with Gasteiger partial charge in [0.25, 0.3) is 0 Å². The van der Waals surface area contributed by atoms with Crippen LogP contribution < -0.4 is 0 Å². The molecule has 0 radical (unpaired) electrons. The van der Waals surface area contributed by atoms with E-state index in [4.69, 9.17) is 0 Å². The first-order valence-corrected chi connectivity index (χ1v) is 5.87. The molecule has 1 aliphatic heterocycles. The molecule has 0 unspecified atom stereocenters. The number of likely N-dealkylation sites (N-methyl/N-ethyl adjacent to an activating group) is 1. The van der Waals surface area contributed by atoms with Crippen LogP contribution in [0.2, 0.25) is 0 Å². The summed E-state index contributed by atoms with van der Waals surface area (Å²) in [6.07, 6.45) is 3.37. The van der Waals surface area contributed by atoms with Gasteiger partial charge in [-0.3, -0.25) is 0 Å². The minimum atomic E-state index is 1.11. The Labute approximate surface area is 84.1 Å². The molecular weight excluding hydrogens is 178 g/mol. The van der Waals surface area contributed by atoms with E-state index in [0.29, 0.717) is 0 Å². The SMILES string of the molecule is CSc1cccc2c1CCN(C)C2. The number of benzene rings is 1. The van der Waals surface area contributed by atoms with Crippen molar-refractivity contribution >= 4 is 11.8 Å². The van der Waals surface area contributed by atoms with E-state index in [2.05, 4.69) is 36.4 Å². The molecule has 13 heavy (non-hydrogen) atoms. The van der Waals surface area contributed by atoms with E-state index in [1.54, 1.807) is 5.56 Å². The van der Waals surface area contributed by atoms with Gasteiger partial charge in [0.15, 0.2) is 0 Å². The molecule has 70 valence electrons. The van der Waals surface area contributed by atoms with Crippen molar-refractivity contribution in [2.24, 2.45) is 0 Å². The number of fused-ring (bicyclic) bond motifs is 1. The Bertz CT molecular complexity index is 309. The Balaban J connectivity index is 2.39. The summed E-state index contributed by atoms with van der Waals surface area (Å²) < 4.78 is 0. The molecule has 0 saturated heterocycles. The van der Waals surface area contributed by atoms with Crippen LogP contribution in [-0.4, -0.2) is 24.7 Å². The van der Waals surface area contributed by atoms with Gasteiger partial charge in [-0.1, -0.05) is 12.1 Å². The summed E-state index contributed by atoms with van der Waals surface area (Å²) in [5.74, 6) is 0. The van der Waals surface area contributed by atoms with E-state index in [-0.39, 0.29) is 0 Å². The monoisotopic (exact) mass is 193 g/mol. The molecule has 0 fully saturated rings. The van der Waals surface area contributed by atoms with Crippen molar-refractivity contribution in [1.29, 1.82) is 0 Å². The Hall–Kier alpha value is -0.470. The Kier molecular flexibility index (Phi) is 2.61. The lowest BCUT2D eigenvalue weighted by Crippen LogP contribution is -2.26. The zero-order valence-corrected chi connectivity index (χ0v) is 9.03. The van der Waals surface area contributed by atoms with Gasteiger partial charge in [0.1, 0.15) is 0 Å². The predicted molar refractivity (Wildman–Crippen MR) is 58.3 cm³/mol. The second kappa shape index (κ2) is 3.72. The Morgan fingerprint density at radius 3 is 3.00 bits per heavy atom. The lowest BCUT2D eigenvalue weighted by molar-refractivity contribution is 0.311. The molecule has 0 N–H and O–H groups in total. The summed E-state index contributed by atoms with van der Waals surface area (Å²) in [6.45, 7) is 2.31. The topological polar surface area (TPSA) is 3.24 Å². The maximum atomic E-state index is 2.38. The van der Waals surface area contributed by atoms with Crippen LogP contribution in [0.1, 0.15) is 11.1 Å². The molecule has 0 aliphatic carbocycles. The largest absolute Gasteiger partial charge is 0.302 e. The zero-order chi connectivity index (χ0) is 9.26. The molecule has 0 saturated carbocycles. The third kappa shape index (κ3) is 1.74. The summed E-state index contributed by atoms with van der Waals surface area (Å²) in [7, 11) is 2.19. The number of hydrogen-bond donors (Lipinski definition) is 0. The van der Waals surface area contributed by atoms with Gasteiger partial charge in [-0.2, -0.15) is 0 Å². The molecule has 0 spiro atoms. The molecule has 0 aromatic heterocycles. The highest BCUT2D eigenvalue weighted by molar-refractivity contribution is 7.98. The summed E-state index contributed by atoms with van der Waals surface area (Å²) >= 11 is 1.87. The van der Waals surface area contributed by atoms with Crippen LogP contribution in [0.15, 0.2) is 23.1 Å². The van der Waals surface area contributed by atoms with Gasteiger partial charge in [-0.15, -0.1) is 11.8 Å². The Morgan fingerprint density at radius 2 is 2.23 bits per heavy atom. The zero-order valence-electron chi connectivity index (χ0n) is 8.21. The normalized spacial score (nSPS) is 17.1. The number of nitrogens with zero attached hydrogens (tertiary/aromatic N) is 1. The van der Waals surface area contributed by atoms with Gasteiger partial charge < -0.3 is 4.90 Å². The predicted octanol–water partition coefficient (Wildman–Crippen LogP) is 2.40. The molecule has 0 atom stereocenters. The van der Waals surface area contributed by atoms with Crippen LogP contribution in [0.5, 0.6) is 0 Å². The first-order chi connectivity index (χ1) is 6.31.